The van der Waals surface area contributed by atoms with Crippen LogP contribution in [0.3, 0.4) is 0 Å². The van der Waals surface area contributed by atoms with Crippen LogP contribution in [-0.2, 0) is 13.0 Å². The fourth-order valence-electron chi connectivity index (χ4n) is 2.64. The highest BCUT2D eigenvalue weighted by Gasteiger charge is 2.20. The van der Waals surface area contributed by atoms with Crippen LogP contribution < -0.4 is 24.8 Å². The molecule has 2 N–H and O–H groups in total. The second-order valence-corrected chi connectivity index (χ2v) is 6.04. The lowest BCUT2D eigenvalue weighted by atomic mass is 10.1. The number of nitrogens with zero attached hydrogens (tertiary/aromatic N) is 1. The number of aliphatic imine (C=N–C) groups is 1. The van der Waals surface area contributed by atoms with Gasteiger partial charge in [0.25, 0.3) is 0 Å². The van der Waals surface area contributed by atoms with Crippen LogP contribution in [0.15, 0.2) is 39.9 Å². The van der Waals surface area contributed by atoms with Gasteiger partial charge in [-0.3, -0.25) is 0 Å². The minimum atomic E-state index is -2.94. The third-order valence-corrected chi connectivity index (χ3v) is 3.97. The van der Waals surface area contributed by atoms with E-state index in [1.165, 1.54) is 6.07 Å². The lowest BCUT2D eigenvalue weighted by Crippen LogP contribution is -2.38. The first kappa shape index (κ1) is 23.0. The lowest BCUT2D eigenvalue weighted by Gasteiger charge is -2.13. The third-order valence-electron chi connectivity index (χ3n) is 3.97. The predicted octanol–water partition coefficient (Wildman–Crippen LogP) is 3.92. The van der Waals surface area contributed by atoms with Crippen molar-refractivity contribution in [1.29, 1.82) is 0 Å². The molecule has 0 fully saturated rings. The number of furan rings is 1. The van der Waals surface area contributed by atoms with Crippen molar-refractivity contribution in [1.82, 2.24) is 10.6 Å². The lowest BCUT2D eigenvalue weighted by molar-refractivity contribution is -0.0505. The van der Waals surface area contributed by atoms with E-state index in [-0.39, 0.29) is 43.1 Å². The molecule has 3 rings (SSSR count). The monoisotopic (exact) mass is 523 g/mol. The van der Waals surface area contributed by atoms with Gasteiger partial charge >= 0.3 is 6.61 Å². The molecule has 1 aromatic carbocycles. The number of ether oxygens (including phenoxy) is 3. The molecule has 1 aliphatic heterocycles. The predicted molar refractivity (Wildman–Crippen MR) is 114 cm³/mol. The van der Waals surface area contributed by atoms with Gasteiger partial charge in [0.2, 0.25) is 6.79 Å². The molecule has 0 unspecified atom stereocenters. The summed E-state index contributed by atoms with van der Waals surface area (Å²) in [6, 6.07) is 6.76. The molecule has 7 nitrogen and oxygen atoms in total. The van der Waals surface area contributed by atoms with Crippen molar-refractivity contribution >= 4 is 29.9 Å². The minimum absolute atomic E-state index is 0. The average Bonchev–Trinajstić information content (AvgIpc) is 3.34. The molecule has 10 heteroatoms. The molecule has 0 radical (unpaired) electrons. The molecule has 0 amide bonds. The normalized spacial score (nSPS) is 12.6. The Balaban J connectivity index is 0.00000300. The highest BCUT2D eigenvalue weighted by atomic mass is 127. The van der Waals surface area contributed by atoms with Gasteiger partial charge in [0.15, 0.2) is 17.5 Å². The first-order chi connectivity index (χ1) is 13.7. The molecule has 2 aromatic rings. The number of guanidine groups is 1. The van der Waals surface area contributed by atoms with Crippen molar-refractivity contribution in [3.8, 4) is 17.2 Å². The van der Waals surface area contributed by atoms with Gasteiger partial charge in [-0.2, -0.15) is 8.78 Å². The molecule has 0 aliphatic carbocycles. The van der Waals surface area contributed by atoms with Gasteiger partial charge in [0, 0.05) is 31.1 Å². The summed E-state index contributed by atoms with van der Waals surface area (Å²) in [5.41, 5.74) is 0.480. The Morgan fingerprint density at radius 1 is 1.21 bits per heavy atom. The van der Waals surface area contributed by atoms with Crippen LogP contribution in [0.5, 0.6) is 17.2 Å². The number of fused-ring (bicyclic) bond motifs is 1. The second-order valence-electron chi connectivity index (χ2n) is 6.04. The molecule has 1 aromatic heterocycles. The first-order valence-corrected chi connectivity index (χ1v) is 9.07. The number of alkyl halides is 2. The van der Waals surface area contributed by atoms with Crippen LogP contribution in [0.1, 0.15) is 24.7 Å². The average molecular weight is 523 g/mol. The van der Waals surface area contributed by atoms with E-state index in [0.717, 1.165) is 18.7 Å². The Labute approximate surface area is 184 Å². The van der Waals surface area contributed by atoms with Crippen LogP contribution in [0.4, 0.5) is 8.78 Å². The van der Waals surface area contributed by atoms with Crippen molar-refractivity contribution in [2.45, 2.75) is 32.9 Å². The zero-order chi connectivity index (χ0) is 19.8. The Hall–Kier alpha value is -2.24. The summed E-state index contributed by atoms with van der Waals surface area (Å²) in [5, 5.41) is 6.41. The van der Waals surface area contributed by atoms with E-state index in [2.05, 4.69) is 20.4 Å². The summed E-state index contributed by atoms with van der Waals surface area (Å²) < 4.78 is 46.0. The smallest absolute Gasteiger partial charge is 0.387 e. The van der Waals surface area contributed by atoms with Crippen LogP contribution in [-0.4, -0.2) is 32.5 Å². The molecule has 29 heavy (non-hydrogen) atoms. The molecule has 1 aliphatic rings. The Morgan fingerprint density at radius 3 is 2.66 bits per heavy atom. The van der Waals surface area contributed by atoms with Gasteiger partial charge in [-0.05, 0) is 24.6 Å². The molecule has 160 valence electrons. The number of benzene rings is 1. The summed E-state index contributed by atoms with van der Waals surface area (Å²) >= 11 is 0. The van der Waals surface area contributed by atoms with E-state index in [0.29, 0.717) is 36.0 Å². The summed E-state index contributed by atoms with van der Waals surface area (Å²) in [4.78, 5) is 4.49. The zero-order valence-corrected chi connectivity index (χ0v) is 18.3. The first-order valence-electron chi connectivity index (χ1n) is 9.07. The highest BCUT2D eigenvalue weighted by Crippen LogP contribution is 2.39. The maximum absolute atomic E-state index is 12.8. The summed E-state index contributed by atoms with van der Waals surface area (Å²) in [6.45, 7) is 0.637. The highest BCUT2D eigenvalue weighted by molar-refractivity contribution is 14.0. The van der Waals surface area contributed by atoms with Crippen LogP contribution >= 0.6 is 24.0 Å². The standard InChI is InChI=1S/C19H23F2N3O4.HI/c1-2-6-22-19(23-7-5-14-4-3-8-25-14)24-11-13-9-16-17(27-12-26-16)10-15(13)28-18(20)21;/h3-4,8-10,18H,2,5-7,11-12H2,1H3,(H2,22,23,24);1H. The summed E-state index contributed by atoms with van der Waals surface area (Å²) in [7, 11) is 0. The topological polar surface area (TPSA) is 77.3 Å². The quantitative estimate of drug-likeness (QED) is 0.295. The summed E-state index contributed by atoms with van der Waals surface area (Å²) in [6.07, 6.45) is 3.25. The number of halogens is 3. The maximum atomic E-state index is 12.8. The van der Waals surface area contributed by atoms with E-state index in [4.69, 9.17) is 13.9 Å². The van der Waals surface area contributed by atoms with Gasteiger partial charge in [-0.15, -0.1) is 24.0 Å². The number of hydrogen-bond donors (Lipinski definition) is 2. The van der Waals surface area contributed by atoms with Crippen molar-refractivity contribution in [3.05, 3.63) is 41.9 Å². The number of nitrogens with one attached hydrogen (secondary N) is 2. The van der Waals surface area contributed by atoms with Crippen LogP contribution in [0, 0.1) is 0 Å². The molecule has 0 spiro atoms. The molecule has 0 saturated heterocycles. The van der Waals surface area contributed by atoms with E-state index in [1.807, 2.05) is 19.1 Å². The maximum Gasteiger partial charge on any atom is 0.387 e. The van der Waals surface area contributed by atoms with Gasteiger partial charge in [-0.25, -0.2) is 4.99 Å². The fourth-order valence-corrected chi connectivity index (χ4v) is 2.64. The van der Waals surface area contributed by atoms with E-state index < -0.39 is 6.61 Å². The van der Waals surface area contributed by atoms with Gasteiger partial charge in [0.05, 0.1) is 12.8 Å². The number of hydrogen-bond acceptors (Lipinski definition) is 5. The van der Waals surface area contributed by atoms with Crippen LogP contribution in [0.25, 0.3) is 0 Å². The van der Waals surface area contributed by atoms with Crippen molar-refractivity contribution in [3.63, 3.8) is 0 Å². The van der Waals surface area contributed by atoms with Crippen molar-refractivity contribution in [2.75, 3.05) is 19.9 Å². The number of rotatable bonds is 9. The van der Waals surface area contributed by atoms with E-state index in [1.54, 1.807) is 12.3 Å². The largest absolute Gasteiger partial charge is 0.469 e. The molecular weight excluding hydrogens is 499 g/mol. The van der Waals surface area contributed by atoms with Crippen molar-refractivity contribution < 1.29 is 27.4 Å². The summed E-state index contributed by atoms with van der Waals surface area (Å²) in [5.74, 6) is 2.33. The molecular formula is C19H24F2IN3O4. The Morgan fingerprint density at radius 2 is 1.97 bits per heavy atom. The van der Waals surface area contributed by atoms with Gasteiger partial charge < -0.3 is 29.3 Å². The molecule has 0 bridgehead atoms. The molecule has 0 saturated carbocycles. The Kier molecular flexibility index (Phi) is 9.29. The fraction of sp³-hybridized carbons (Fsp3) is 0.421. The van der Waals surface area contributed by atoms with Crippen molar-refractivity contribution in [2.24, 2.45) is 4.99 Å². The minimum Gasteiger partial charge on any atom is -0.469 e. The molecule has 0 atom stereocenters. The van der Waals surface area contributed by atoms with Gasteiger partial charge in [0.1, 0.15) is 11.5 Å². The Bertz CT molecular complexity index is 788. The van der Waals surface area contributed by atoms with E-state index in [9.17, 15) is 8.78 Å². The van der Waals surface area contributed by atoms with Crippen LogP contribution in [0.2, 0.25) is 0 Å². The zero-order valence-electron chi connectivity index (χ0n) is 16.0. The SMILES string of the molecule is CCCNC(=NCc1cc2c(cc1OC(F)F)OCO2)NCCc1ccco1.I. The van der Waals surface area contributed by atoms with E-state index >= 15 is 0 Å². The second kappa shape index (κ2) is 11.7. The van der Waals surface area contributed by atoms with Gasteiger partial charge in [-0.1, -0.05) is 6.92 Å². The molecule has 2 heterocycles. The third kappa shape index (κ3) is 6.94.